The van der Waals surface area contributed by atoms with Gasteiger partial charge in [0.25, 0.3) is 0 Å². The summed E-state index contributed by atoms with van der Waals surface area (Å²) in [5.41, 5.74) is 0. The van der Waals surface area contributed by atoms with Gasteiger partial charge in [-0.3, -0.25) is 4.79 Å². The molecule has 24 heavy (non-hydrogen) atoms. The van der Waals surface area contributed by atoms with Gasteiger partial charge in [-0.1, -0.05) is 96.8 Å². The molecule has 1 atom stereocenters. The maximum Gasteiger partial charge on any atom is 0.323 e. The third-order valence-electron chi connectivity index (χ3n) is 4.44. The molecule has 0 aromatic heterocycles. The van der Waals surface area contributed by atoms with Crippen LogP contribution in [0.1, 0.15) is 103 Å². The first-order chi connectivity index (χ1) is 11.4. The van der Waals surface area contributed by atoms with Gasteiger partial charge in [-0.15, -0.1) is 0 Å². The Morgan fingerprint density at radius 1 is 0.792 bits per heavy atom. The molecule has 144 valence electrons. The number of hydrogen-bond donors (Lipinski definition) is 1. The molecule has 0 rings (SSSR count). The summed E-state index contributed by atoms with van der Waals surface area (Å²) >= 11 is 0. The van der Waals surface area contributed by atoms with Crippen LogP contribution in [0.3, 0.4) is 0 Å². The van der Waals surface area contributed by atoms with Gasteiger partial charge >= 0.3 is 5.97 Å². The number of hydrogen-bond acceptors (Lipinski definition) is 3. The number of carboxylic acids is 1. The van der Waals surface area contributed by atoms with Crippen LogP contribution < -0.4 is 0 Å². The second-order valence-electron chi connectivity index (χ2n) is 6.69. The van der Waals surface area contributed by atoms with Crippen molar-refractivity contribution < 1.29 is 18.3 Å². The largest absolute Gasteiger partial charge is 0.480 e. The molecular formula is C18H35ClO4S. The van der Waals surface area contributed by atoms with E-state index < -0.39 is 20.3 Å². The molecule has 0 aliphatic rings. The Morgan fingerprint density at radius 2 is 1.12 bits per heavy atom. The van der Waals surface area contributed by atoms with Crippen LogP contribution in [0.5, 0.6) is 0 Å². The zero-order chi connectivity index (χ0) is 18.3. The second kappa shape index (κ2) is 15.0. The second-order valence-corrected chi connectivity index (χ2v) is 9.50. The Bertz CT molecular complexity index is 409. The van der Waals surface area contributed by atoms with Crippen molar-refractivity contribution in [1.82, 2.24) is 0 Å². The van der Waals surface area contributed by atoms with E-state index in [0.717, 1.165) is 19.3 Å². The topological polar surface area (TPSA) is 71.4 Å². The maximum absolute atomic E-state index is 11.1. The van der Waals surface area contributed by atoms with Crippen molar-refractivity contribution in [2.24, 2.45) is 0 Å². The summed E-state index contributed by atoms with van der Waals surface area (Å²) in [6.45, 7) is 2.24. The van der Waals surface area contributed by atoms with Crippen molar-refractivity contribution in [1.29, 1.82) is 0 Å². The third-order valence-corrected chi connectivity index (χ3v) is 6.20. The Kier molecular flexibility index (Phi) is 14.8. The average Bonchev–Trinajstić information content (AvgIpc) is 2.49. The van der Waals surface area contributed by atoms with E-state index in [9.17, 15) is 13.2 Å². The lowest BCUT2D eigenvalue weighted by Crippen LogP contribution is -2.26. The van der Waals surface area contributed by atoms with Crippen LogP contribution in [0.15, 0.2) is 0 Å². The van der Waals surface area contributed by atoms with E-state index in [-0.39, 0.29) is 6.42 Å². The molecule has 0 heterocycles. The van der Waals surface area contributed by atoms with Gasteiger partial charge in [-0.25, -0.2) is 8.42 Å². The fourth-order valence-electron chi connectivity index (χ4n) is 2.91. The molecule has 6 heteroatoms. The van der Waals surface area contributed by atoms with Crippen molar-refractivity contribution in [2.45, 2.75) is 108 Å². The Morgan fingerprint density at radius 3 is 1.42 bits per heavy atom. The first-order valence-corrected chi connectivity index (χ1v) is 11.9. The summed E-state index contributed by atoms with van der Waals surface area (Å²) in [5.74, 6) is -1.35. The predicted octanol–water partition coefficient (Wildman–Crippen LogP) is 5.88. The highest BCUT2D eigenvalue weighted by Crippen LogP contribution is 2.17. The van der Waals surface area contributed by atoms with Gasteiger partial charge in [0.05, 0.1) is 0 Å². The van der Waals surface area contributed by atoms with Crippen molar-refractivity contribution in [3.05, 3.63) is 0 Å². The minimum absolute atomic E-state index is 0.110. The number of unbranched alkanes of at least 4 members (excludes halogenated alkanes) is 13. The van der Waals surface area contributed by atoms with Crippen molar-refractivity contribution in [3.8, 4) is 0 Å². The molecule has 0 saturated carbocycles. The van der Waals surface area contributed by atoms with E-state index in [2.05, 4.69) is 6.92 Å². The Labute approximate surface area is 152 Å². The summed E-state index contributed by atoms with van der Waals surface area (Å²) < 4.78 is 22.2. The van der Waals surface area contributed by atoms with Gasteiger partial charge in [0, 0.05) is 10.7 Å². The maximum atomic E-state index is 11.1. The lowest BCUT2D eigenvalue weighted by atomic mass is 10.0. The van der Waals surface area contributed by atoms with Crippen molar-refractivity contribution in [2.75, 3.05) is 0 Å². The number of carbonyl (C=O) groups is 1. The zero-order valence-corrected chi connectivity index (χ0v) is 16.7. The van der Waals surface area contributed by atoms with Crippen LogP contribution >= 0.6 is 10.7 Å². The normalized spacial score (nSPS) is 13.1. The Balaban J connectivity index is 3.38. The summed E-state index contributed by atoms with van der Waals surface area (Å²) in [5, 5.41) is 7.39. The third kappa shape index (κ3) is 14.1. The quantitative estimate of drug-likeness (QED) is 0.252. The van der Waals surface area contributed by atoms with Gasteiger partial charge in [-0.05, 0) is 6.42 Å². The van der Waals surface area contributed by atoms with Crippen molar-refractivity contribution >= 4 is 25.7 Å². The molecule has 0 amide bonds. The summed E-state index contributed by atoms with van der Waals surface area (Å²) in [6.07, 6.45) is 17.0. The van der Waals surface area contributed by atoms with E-state index >= 15 is 0 Å². The lowest BCUT2D eigenvalue weighted by Gasteiger charge is -2.08. The van der Waals surface area contributed by atoms with Gasteiger partial charge in [0.2, 0.25) is 9.05 Å². The lowest BCUT2D eigenvalue weighted by molar-refractivity contribution is -0.136. The van der Waals surface area contributed by atoms with E-state index in [1.165, 1.54) is 64.2 Å². The van der Waals surface area contributed by atoms with Crippen LogP contribution in [0, 0.1) is 0 Å². The monoisotopic (exact) mass is 382 g/mol. The van der Waals surface area contributed by atoms with E-state index in [1.54, 1.807) is 0 Å². The molecule has 0 radical (unpaired) electrons. The zero-order valence-electron chi connectivity index (χ0n) is 15.1. The minimum Gasteiger partial charge on any atom is -0.480 e. The Hall–Kier alpha value is -0.290. The average molecular weight is 383 g/mol. The molecule has 4 nitrogen and oxygen atoms in total. The smallest absolute Gasteiger partial charge is 0.323 e. The fraction of sp³-hybridized carbons (Fsp3) is 0.944. The molecule has 0 saturated heterocycles. The summed E-state index contributed by atoms with van der Waals surface area (Å²) in [7, 11) is 1.13. The molecule has 0 aliphatic carbocycles. The van der Waals surface area contributed by atoms with E-state index in [1.807, 2.05) is 0 Å². The first-order valence-electron chi connectivity index (χ1n) is 9.56. The van der Waals surface area contributed by atoms with Crippen LogP contribution in [0.25, 0.3) is 0 Å². The fourth-order valence-corrected chi connectivity index (χ4v) is 4.09. The highest BCUT2D eigenvalue weighted by Gasteiger charge is 2.29. The van der Waals surface area contributed by atoms with E-state index in [0.29, 0.717) is 6.42 Å². The predicted molar refractivity (Wildman–Crippen MR) is 101 cm³/mol. The van der Waals surface area contributed by atoms with Gasteiger partial charge in [0.1, 0.15) is 0 Å². The standard InChI is InChI=1S/C18H35ClO4S/c1-2-3-4-5-6-7-8-9-10-11-12-13-14-15-16-17(18(20)21)24(19,22)23/h17H,2-16H2,1H3,(H,20,21). The molecule has 0 aromatic carbocycles. The molecule has 0 bridgehead atoms. The molecule has 1 unspecified atom stereocenters. The van der Waals surface area contributed by atoms with E-state index in [4.69, 9.17) is 15.8 Å². The SMILES string of the molecule is CCCCCCCCCCCCCCCCC(C(=O)O)S(=O)(=O)Cl. The molecular weight excluding hydrogens is 348 g/mol. The van der Waals surface area contributed by atoms with Crippen LogP contribution in [0.4, 0.5) is 0 Å². The van der Waals surface area contributed by atoms with Crippen LogP contribution in [-0.2, 0) is 13.8 Å². The first kappa shape index (κ1) is 23.7. The molecule has 0 fully saturated rings. The number of rotatable bonds is 17. The van der Waals surface area contributed by atoms with Gasteiger partial charge < -0.3 is 5.11 Å². The molecule has 1 N–H and O–H groups in total. The number of aliphatic carboxylic acids is 1. The number of halogens is 1. The summed E-state index contributed by atoms with van der Waals surface area (Å²) in [4.78, 5) is 10.8. The molecule has 0 spiro atoms. The number of carboxylic acid groups (broad SMARTS) is 1. The highest BCUT2D eigenvalue weighted by molar-refractivity contribution is 8.14. The van der Waals surface area contributed by atoms with Gasteiger partial charge in [-0.2, -0.15) is 0 Å². The summed E-state index contributed by atoms with van der Waals surface area (Å²) in [6, 6.07) is 0. The minimum atomic E-state index is -4.01. The van der Waals surface area contributed by atoms with Crippen LogP contribution in [-0.4, -0.2) is 24.7 Å². The van der Waals surface area contributed by atoms with Gasteiger partial charge in [0.15, 0.2) is 5.25 Å². The van der Waals surface area contributed by atoms with Crippen LogP contribution in [0.2, 0.25) is 0 Å². The van der Waals surface area contributed by atoms with Crippen molar-refractivity contribution in [3.63, 3.8) is 0 Å². The highest BCUT2D eigenvalue weighted by atomic mass is 35.7. The molecule has 0 aliphatic heterocycles. The molecule has 0 aromatic rings.